The second-order valence-electron chi connectivity index (χ2n) is 16.4. The molecule has 0 aliphatic carbocycles. The summed E-state index contributed by atoms with van der Waals surface area (Å²) in [7, 11) is 0. The van der Waals surface area contributed by atoms with Crippen LogP contribution < -0.4 is 5.32 Å². The fraction of sp³-hybridized carbons (Fsp3) is 0.891. The molecule has 0 aromatic carbocycles. The first-order valence-corrected chi connectivity index (χ1v) is 23.2. The van der Waals surface area contributed by atoms with Crippen LogP contribution in [0.5, 0.6) is 0 Å². The largest absolute Gasteiger partial charge is 0.394 e. The molecule has 10 nitrogen and oxygen atoms in total. The van der Waals surface area contributed by atoms with Gasteiger partial charge in [-0.25, -0.2) is 0 Å². The fourth-order valence-corrected chi connectivity index (χ4v) is 7.34. The van der Waals surface area contributed by atoms with Crippen LogP contribution in [0, 0.1) is 0 Å². The molecule has 3 unspecified atom stereocenters. The van der Waals surface area contributed by atoms with Crippen LogP contribution in [-0.4, -0.2) is 98.7 Å². The van der Waals surface area contributed by atoms with Crippen LogP contribution in [0.3, 0.4) is 0 Å². The first-order chi connectivity index (χ1) is 27.3. The number of carbonyl (C=O) groups excluding carboxylic acids is 1. The SMILES string of the molecule is CCCCCCCCC/C=C/C=C/[C@@H](O)[C@H](CO[C@@H]1O[C@H](CO)[C@@H](O)C(O)C1O)NC(=O)C(O)CCCCCCCCCCCCCCCCCCCCCC. The van der Waals surface area contributed by atoms with Gasteiger partial charge >= 0.3 is 0 Å². The van der Waals surface area contributed by atoms with E-state index in [1.807, 2.05) is 12.2 Å². The highest BCUT2D eigenvalue weighted by molar-refractivity contribution is 5.80. The van der Waals surface area contributed by atoms with Crippen molar-refractivity contribution in [1.82, 2.24) is 5.32 Å². The summed E-state index contributed by atoms with van der Waals surface area (Å²) in [5, 5.41) is 64.5. The average Bonchev–Trinajstić information content (AvgIpc) is 3.20. The van der Waals surface area contributed by atoms with E-state index in [4.69, 9.17) is 9.47 Å². The maximum atomic E-state index is 13.0. The Kier molecular flexibility index (Phi) is 34.5. The van der Waals surface area contributed by atoms with E-state index < -0.39 is 61.5 Å². The van der Waals surface area contributed by atoms with Gasteiger partial charge in [0.1, 0.15) is 30.5 Å². The van der Waals surface area contributed by atoms with Crippen molar-refractivity contribution in [3.05, 3.63) is 24.3 Å². The highest BCUT2D eigenvalue weighted by Gasteiger charge is 2.44. The Hall–Kier alpha value is -1.37. The van der Waals surface area contributed by atoms with Gasteiger partial charge in [-0.3, -0.25) is 4.79 Å². The lowest BCUT2D eigenvalue weighted by Gasteiger charge is -2.40. The van der Waals surface area contributed by atoms with Crippen LogP contribution in [0.15, 0.2) is 24.3 Å². The van der Waals surface area contributed by atoms with Crippen molar-refractivity contribution in [2.75, 3.05) is 13.2 Å². The first-order valence-electron chi connectivity index (χ1n) is 23.2. The zero-order valence-corrected chi connectivity index (χ0v) is 35.8. The number of unbranched alkanes of at least 4 members (excludes halogenated alkanes) is 26. The Morgan fingerprint density at radius 2 is 1.07 bits per heavy atom. The lowest BCUT2D eigenvalue weighted by Crippen LogP contribution is -2.60. The average molecular weight is 798 g/mol. The molecule has 0 bridgehead atoms. The third-order valence-electron chi connectivity index (χ3n) is 11.2. The highest BCUT2D eigenvalue weighted by atomic mass is 16.7. The third-order valence-corrected chi connectivity index (χ3v) is 11.2. The molecule has 7 N–H and O–H groups in total. The Morgan fingerprint density at radius 1 is 0.625 bits per heavy atom. The second-order valence-corrected chi connectivity index (χ2v) is 16.4. The summed E-state index contributed by atoms with van der Waals surface area (Å²) in [6.45, 7) is 3.56. The maximum Gasteiger partial charge on any atom is 0.249 e. The van der Waals surface area contributed by atoms with Crippen molar-refractivity contribution in [3.63, 3.8) is 0 Å². The molecular formula is C46H87NO9. The summed E-state index contributed by atoms with van der Waals surface area (Å²) in [5.41, 5.74) is 0. The molecule has 0 aromatic rings. The molecule has 1 amide bonds. The molecule has 1 aliphatic heterocycles. The molecule has 330 valence electrons. The molecule has 56 heavy (non-hydrogen) atoms. The van der Waals surface area contributed by atoms with Crippen molar-refractivity contribution in [3.8, 4) is 0 Å². The van der Waals surface area contributed by atoms with E-state index in [9.17, 15) is 35.4 Å². The number of ether oxygens (including phenoxy) is 2. The van der Waals surface area contributed by atoms with E-state index in [2.05, 4.69) is 19.2 Å². The number of aliphatic hydroxyl groups excluding tert-OH is 6. The van der Waals surface area contributed by atoms with Gasteiger partial charge in [-0.15, -0.1) is 0 Å². The number of allylic oxidation sites excluding steroid dienone is 3. The molecule has 1 heterocycles. The molecule has 1 aliphatic rings. The van der Waals surface area contributed by atoms with Crippen LogP contribution in [0.2, 0.25) is 0 Å². The Balaban J connectivity index is 2.36. The van der Waals surface area contributed by atoms with E-state index in [1.165, 1.54) is 147 Å². The Bertz CT molecular complexity index is 948. The summed E-state index contributed by atoms with van der Waals surface area (Å²) in [4.78, 5) is 13.0. The van der Waals surface area contributed by atoms with E-state index in [0.717, 1.165) is 32.1 Å². The minimum Gasteiger partial charge on any atom is -0.394 e. The topological polar surface area (TPSA) is 169 Å². The highest BCUT2D eigenvalue weighted by Crippen LogP contribution is 2.23. The van der Waals surface area contributed by atoms with Crippen LogP contribution in [0.4, 0.5) is 0 Å². The molecule has 8 atom stereocenters. The van der Waals surface area contributed by atoms with Gasteiger partial charge in [0.25, 0.3) is 0 Å². The number of nitrogens with one attached hydrogen (secondary N) is 1. The van der Waals surface area contributed by atoms with E-state index >= 15 is 0 Å². The molecule has 0 spiro atoms. The van der Waals surface area contributed by atoms with Gasteiger partial charge in [0.2, 0.25) is 5.91 Å². The van der Waals surface area contributed by atoms with Gasteiger partial charge < -0.3 is 45.4 Å². The monoisotopic (exact) mass is 798 g/mol. The number of rotatable bonds is 38. The van der Waals surface area contributed by atoms with Crippen molar-refractivity contribution in [2.45, 2.75) is 249 Å². The lowest BCUT2D eigenvalue weighted by molar-refractivity contribution is -0.302. The zero-order chi connectivity index (χ0) is 41.1. The first kappa shape index (κ1) is 52.6. The number of hydrogen-bond donors (Lipinski definition) is 7. The molecule has 10 heteroatoms. The summed E-state index contributed by atoms with van der Waals surface area (Å²) in [6.07, 6.45) is 32.9. The van der Waals surface area contributed by atoms with Crippen molar-refractivity contribution in [1.29, 1.82) is 0 Å². The van der Waals surface area contributed by atoms with Gasteiger partial charge in [0.05, 0.1) is 25.4 Å². The predicted octanol–water partition coefficient (Wildman–Crippen LogP) is 8.47. The normalized spacial score (nSPS) is 21.9. The van der Waals surface area contributed by atoms with Crippen molar-refractivity contribution >= 4 is 5.91 Å². The van der Waals surface area contributed by atoms with Crippen LogP contribution in [0.25, 0.3) is 0 Å². The predicted molar refractivity (Wildman–Crippen MR) is 227 cm³/mol. The van der Waals surface area contributed by atoms with Crippen LogP contribution in [-0.2, 0) is 14.3 Å². The van der Waals surface area contributed by atoms with Crippen molar-refractivity contribution in [2.24, 2.45) is 0 Å². The van der Waals surface area contributed by atoms with Gasteiger partial charge in [0, 0.05) is 0 Å². The lowest BCUT2D eigenvalue weighted by atomic mass is 9.99. The summed E-state index contributed by atoms with van der Waals surface area (Å²) in [5.74, 6) is -0.632. The minimum atomic E-state index is -1.61. The summed E-state index contributed by atoms with van der Waals surface area (Å²) < 4.78 is 11.1. The van der Waals surface area contributed by atoms with Crippen molar-refractivity contribution < 1.29 is 44.9 Å². The Morgan fingerprint density at radius 3 is 1.54 bits per heavy atom. The number of aliphatic hydroxyl groups is 6. The van der Waals surface area contributed by atoms with Gasteiger partial charge in [-0.05, 0) is 19.3 Å². The van der Waals surface area contributed by atoms with Gasteiger partial charge in [-0.2, -0.15) is 0 Å². The van der Waals surface area contributed by atoms with E-state index in [0.29, 0.717) is 12.8 Å². The smallest absolute Gasteiger partial charge is 0.249 e. The van der Waals surface area contributed by atoms with Gasteiger partial charge in [0.15, 0.2) is 6.29 Å². The number of hydrogen-bond acceptors (Lipinski definition) is 9. The zero-order valence-electron chi connectivity index (χ0n) is 35.8. The van der Waals surface area contributed by atoms with E-state index in [1.54, 1.807) is 6.08 Å². The molecule has 0 saturated carbocycles. The standard InChI is InChI=1S/C46H87NO9/c1-3-5-7-9-11-13-15-16-17-18-19-20-21-22-23-25-27-29-31-33-35-40(50)45(54)47-38(37-55-46-44(53)43(52)42(51)41(36-48)56-46)39(49)34-32-30-28-26-24-14-12-10-8-6-4-2/h28,30,32,34,38-44,46,48-53H,3-27,29,31,33,35-37H2,1-2H3,(H,47,54)/b30-28+,34-32+/t38-,39+,40?,41+,42+,43?,44?,46+/m0/s1. The minimum absolute atomic E-state index is 0.304. The number of carbonyl (C=O) groups is 1. The summed E-state index contributed by atoms with van der Waals surface area (Å²) >= 11 is 0. The molecular weight excluding hydrogens is 711 g/mol. The molecule has 1 rings (SSSR count). The quantitative estimate of drug-likeness (QED) is 0.0239. The molecule has 1 fully saturated rings. The van der Waals surface area contributed by atoms with Crippen LogP contribution >= 0.6 is 0 Å². The maximum absolute atomic E-state index is 13.0. The summed E-state index contributed by atoms with van der Waals surface area (Å²) in [6, 6.07) is -1.01. The molecule has 0 radical (unpaired) electrons. The number of amides is 1. The molecule has 0 aromatic heterocycles. The van der Waals surface area contributed by atoms with E-state index in [-0.39, 0.29) is 6.61 Å². The molecule has 1 saturated heterocycles. The van der Waals surface area contributed by atoms with Gasteiger partial charge in [-0.1, -0.05) is 205 Å². The fourth-order valence-electron chi connectivity index (χ4n) is 7.34. The van der Waals surface area contributed by atoms with Crippen LogP contribution in [0.1, 0.15) is 200 Å². The third kappa shape index (κ3) is 26.6. The Labute approximate surface area is 341 Å². The second kappa shape index (κ2) is 36.7.